The second kappa shape index (κ2) is 6.62. The Morgan fingerprint density at radius 3 is 2.56 bits per heavy atom. The van der Waals surface area contributed by atoms with Gasteiger partial charge in [0.05, 0.1) is 0 Å². The molecule has 1 aromatic heterocycles. The summed E-state index contributed by atoms with van der Waals surface area (Å²) in [5.41, 5.74) is 1.36. The summed E-state index contributed by atoms with van der Waals surface area (Å²) >= 11 is 0. The van der Waals surface area contributed by atoms with E-state index >= 15 is 0 Å². The molecule has 4 atom stereocenters. The second-order valence-corrected chi connectivity index (χ2v) is 7.51. The lowest BCUT2D eigenvalue weighted by atomic mass is 9.53. The van der Waals surface area contributed by atoms with Crippen molar-refractivity contribution in [3.8, 4) is 0 Å². The van der Waals surface area contributed by atoms with Crippen LogP contribution in [0.25, 0.3) is 0 Å². The van der Waals surface area contributed by atoms with Crippen LogP contribution in [0.15, 0.2) is 30.3 Å². The van der Waals surface area contributed by atoms with Crippen molar-refractivity contribution in [3.63, 3.8) is 0 Å². The SMILES string of the molecule is Cc1nc(C)n(CC(=O)N[C@H]2[C@@H]3CCCC[C@H]3[C@@H]2c2ccccc2)n1. The van der Waals surface area contributed by atoms with Crippen molar-refractivity contribution in [2.24, 2.45) is 11.8 Å². The molecule has 2 aromatic rings. The Morgan fingerprint density at radius 1 is 1.16 bits per heavy atom. The van der Waals surface area contributed by atoms with Crippen LogP contribution >= 0.6 is 0 Å². The van der Waals surface area contributed by atoms with E-state index in [1.54, 1.807) is 4.68 Å². The van der Waals surface area contributed by atoms with Gasteiger partial charge in [0, 0.05) is 12.0 Å². The monoisotopic (exact) mass is 338 g/mol. The predicted octanol–water partition coefficient (Wildman–Crippen LogP) is 2.98. The summed E-state index contributed by atoms with van der Waals surface area (Å²) in [6.45, 7) is 3.99. The van der Waals surface area contributed by atoms with Crippen LogP contribution in [0.1, 0.15) is 48.8 Å². The first kappa shape index (κ1) is 16.3. The molecule has 2 fully saturated rings. The van der Waals surface area contributed by atoms with Crippen LogP contribution in [0, 0.1) is 25.7 Å². The Morgan fingerprint density at radius 2 is 1.88 bits per heavy atom. The zero-order valence-corrected chi connectivity index (χ0v) is 15.0. The zero-order valence-electron chi connectivity index (χ0n) is 15.0. The van der Waals surface area contributed by atoms with Crippen LogP contribution in [0.2, 0.25) is 0 Å². The molecule has 0 spiro atoms. The highest BCUT2D eigenvalue weighted by Crippen LogP contribution is 2.54. The number of hydrogen-bond donors (Lipinski definition) is 1. The lowest BCUT2D eigenvalue weighted by Gasteiger charge is -2.55. The quantitative estimate of drug-likeness (QED) is 0.932. The number of aryl methyl sites for hydroxylation is 2. The predicted molar refractivity (Wildman–Crippen MR) is 96.1 cm³/mol. The summed E-state index contributed by atoms with van der Waals surface area (Å²) in [5.74, 6) is 3.34. The third-order valence-electron chi connectivity index (χ3n) is 5.95. The van der Waals surface area contributed by atoms with Gasteiger partial charge < -0.3 is 5.32 Å². The fraction of sp³-hybridized carbons (Fsp3) is 0.550. The van der Waals surface area contributed by atoms with Gasteiger partial charge in [-0.25, -0.2) is 9.67 Å². The summed E-state index contributed by atoms with van der Waals surface area (Å²) in [5, 5.41) is 7.63. The molecule has 5 heteroatoms. The molecule has 0 aliphatic heterocycles. The molecule has 4 rings (SSSR count). The van der Waals surface area contributed by atoms with E-state index < -0.39 is 0 Å². The van der Waals surface area contributed by atoms with E-state index in [1.165, 1.54) is 31.2 Å². The highest BCUT2D eigenvalue weighted by molar-refractivity contribution is 5.76. The van der Waals surface area contributed by atoms with E-state index in [1.807, 2.05) is 13.8 Å². The van der Waals surface area contributed by atoms with Crippen molar-refractivity contribution < 1.29 is 4.79 Å². The number of hydrogen-bond acceptors (Lipinski definition) is 3. The van der Waals surface area contributed by atoms with Gasteiger partial charge in [0.2, 0.25) is 5.91 Å². The Bertz CT molecular complexity index is 754. The third-order valence-corrected chi connectivity index (χ3v) is 5.95. The molecule has 2 aliphatic carbocycles. The van der Waals surface area contributed by atoms with Gasteiger partial charge in [-0.3, -0.25) is 4.79 Å². The minimum Gasteiger partial charge on any atom is -0.351 e. The Hall–Kier alpha value is -2.17. The fourth-order valence-corrected chi connectivity index (χ4v) is 4.87. The van der Waals surface area contributed by atoms with Gasteiger partial charge in [-0.15, -0.1) is 0 Å². The molecule has 25 heavy (non-hydrogen) atoms. The summed E-state index contributed by atoms with van der Waals surface area (Å²) in [6.07, 6.45) is 5.14. The Kier molecular flexibility index (Phi) is 4.32. The number of nitrogens with zero attached hydrogens (tertiary/aromatic N) is 3. The number of benzene rings is 1. The molecule has 0 bridgehead atoms. The van der Waals surface area contributed by atoms with Crippen molar-refractivity contribution in [3.05, 3.63) is 47.5 Å². The first-order valence-corrected chi connectivity index (χ1v) is 9.36. The number of carbonyl (C=O) groups excluding carboxylic acids is 1. The molecule has 1 heterocycles. The summed E-state index contributed by atoms with van der Waals surface area (Å²) in [4.78, 5) is 16.9. The molecule has 2 saturated carbocycles. The molecule has 0 unspecified atom stereocenters. The molecular formula is C20H26N4O. The van der Waals surface area contributed by atoms with E-state index in [0.29, 0.717) is 17.7 Å². The molecule has 1 amide bonds. The van der Waals surface area contributed by atoms with Crippen molar-refractivity contribution in [1.29, 1.82) is 0 Å². The number of rotatable bonds is 4. The summed E-state index contributed by atoms with van der Waals surface area (Å²) < 4.78 is 1.69. The number of carbonyl (C=O) groups is 1. The maximum Gasteiger partial charge on any atom is 0.242 e. The molecule has 1 aromatic carbocycles. The standard InChI is InChI=1S/C20H26N4O/c1-13-21-14(2)24(23-13)12-18(25)22-20-17-11-7-6-10-16(17)19(20)15-8-4-3-5-9-15/h3-5,8-9,16-17,19-20H,6-7,10-12H2,1-2H3,(H,22,25)/t16-,17-,19+,20+/m1/s1. The van der Waals surface area contributed by atoms with Crippen LogP contribution < -0.4 is 5.32 Å². The summed E-state index contributed by atoms with van der Waals surface area (Å²) in [7, 11) is 0. The van der Waals surface area contributed by atoms with Gasteiger partial charge in [-0.2, -0.15) is 5.10 Å². The minimum absolute atomic E-state index is 0.0444. The van der Waals surface area contributed by atoms with Crippen LogP contribution in [0.4, 0.5) is 0 Å². The summed E-state index contributed by atoms with van der Waals surface area (Å²) in [6, 6.07) is 10.9. The average molecular weight is 338 g/mol. The second-order valence-electron chi connectivity index (χ2n) is 7.51. The highest BCUT2D eigenvalue weighted by Gasteiger charge is 2.51. The number of nitrogens with one attached hydrogen (secondary N) is 1. The zero-order chi connectivity index (χ0) is 17.4. The van der Waals surface area contributed by atoms with Gasteiger partial charge in [0.25, 0.3) is 0 Å². The normalized spacial score (nSPS) is 28.1. The lowest BCUT2D eigenvalue weighted by Crippen LogP contribution is -2.59. The largest absolute Gasteiger partial charge is 0.351 e. The van der Waals surface area contributed by atoms with Crippen molar-refractivity contribution in [2.75, 3.05) is 0 Å². The first-order valence-electron chi connectivity index (χ1n) is 9.36. The van der Waals surface area contributed by atoms with Crippen molar-refractivity contribution >= 4 is 5.91 Å². The van der Waals surface area contributed by atoms with E-state index in [4.69, 9.17) is 0 Å². The molecule has 1 N–H and O–H groups in total. The molecule has 0 radical (unpaired) electrons. The lowest BCUT2D eigenvalue weighted by molar-refractivity contribution is -0.125. The van der Waals surface area contributed by atoms with Crippen LogP contribution in [-0.2, 0) is 11.3 Å². The van der Waals surface area contributed by atoms with E-state index in [0.717, 1.165) is 11.7 Å². The van der Waals surface area contributed by atoms with Gasteiger partial charge in [-0.1, -0.05) is 43.2 Å². The minimum atomic E-state index is 0.0444. The van der Waals surface area contributed by atoms with Gasteiger partial charge in [0.15, 0.2) is 0 Å². The van der Waals surface area contributed by atoms with Crippen LogP contribution in [0.3, 0.4) is 0 Å². The smallest absolute Gasteiger partial charge is 0.242 e. The van der Waals surface area contributed by atoms with E-state index in [2.05, 4.69) is 45.7 Å². The average Bonchev–Trinajstić information content (AvgIpc) is 2.91. The fourth-order valence-electron chi connectivity index (χ4n) is 4.87. The molecular weight excluding hydrogens is 312 g/mol. The topological polar surface area (TPSA) is 59.8 Å². The molecule has 2 aliphatic rings. The number of fused-ring (bicyclic) bond motifs is 1. The highest BCUT2D eigenvalue weighted by atomic mass is 16.2. The van der Waals surface area contributed by atoms with Gasteiger partial charge >= 0.3 is 0 Å². The van der Waals surface area contributed by atoms with E-state index in [9.17, 15) is 4.79 Å². The van der Waals surface area contributed by atoms with Gasteiger partial charge in [-0.05, 0) is 44.1 Å². The van der Waals surface area contributed by atoms with E-state index in [-0.39, 0.29) is 18.5 Å². The van der Waals surface area contributed by atoms with Crippen LogP contribution in [0.5, 0.6) is 0 Å². The number of aromatic nitrogens is 3. The maximum absolute atomic E-state index is 12.6. The first-order chi connectivity index (χ1) is 12.1. The molecule has 132 valence electrons. The van der Waals surface area contributed by atoms with Gasteiger partial charge in [0.1, 0.15) is 18.2 Å². The number of amides is 1. The molecule has 5 nitrogen and oxygen atoms in total. The maximum atomic E-state index is 12.6. The van der Waals surface area contributed by atoms with Crippen LogP contribution in [-0.4, -0.2) is 26.7 Å². The van der Waals surface area contributed by atoms with Crippen molar-refractivity contribution in [1.82, 2.24) is 20.1 Å². The molecule has 0 saturated heterocycles. The Labute approximate surface area is 148 Å². The van der Waals surface area contributed by atoms with Crippen molar-refractivity contribution in [2.45, 2.75) is 58.0 Å². The third kappa shape index (κ3) is 3.08. The Balaban J connectivity index is 1.49.